The van der Waals surface area contributed by atoms with Crippen molar-refractivity contribution in [2.45, 2.75) is 13.5 Å². The van der Waals surface area contributed by atoms with E-state index in [2.05, 4.69) is 15.6 Å². The molecule has 1 aromatic carbocycles. The van der Waals surface area contributed by atoms with Gasteiger partial charge in [0.25, 0.3) is 0 Å². The summed E-state index contributed by atoms with van der Waals surface area (Å²) in [7, 11) is 0. The van der Waals surface area contributed by atoms with Crippen LogP contribution in [0.25, 0.3) is 5.69 Å². The molecule has 2 aromatic rings. The maximum absolute atomic E-state index is 13.8. The van der Waals surface area contributed by atoms with E-state index in [1.807, 2.05) is 0 Å². The van der Waals surface area contributed by atoms with Gasteiger partial charge in [0.2, 0.25) is 5.91 Å². The Hall–Kier alpha value is -2.35. The fraction of sp³-hybridized carbons (Fsp3) is 0.250. The van der Waals surface area contributed by atoms with Crippen LogP contribution < -0.4 is 11.1 Å². The molecule has 0 atom stereocenters. The predicted octanol–water partition coefficient (Wildman–Crippen LogP) is 0.429. The van der Waals surface area contributed by atoms with Gasteiger partial charge in [-0.05, 0) is 18.6 Å². The minimum Gasteiger partial charge on any atom is -0.349 e. The molecule has 1 amide bonds. The van der Waals surface area contributed by atoms with Crippen LogP contribution in [0.3, 0.4) is 0 Å². The van der Waals surface area contributed by atoms with Gasteiger partial charge in [0.1, 0.15) is 23.0 Å². The van der Waals surface area contributed by atoms with E-state index in [4.69, 9.17) is 5.73 Å². The SMILES string of the molecule is Cc1cc(F)c(-n2cc(CNC(=O)CN)nn2)cc1F. The number of carbonyl (C=O) groups is 1. The number of benzene rings is 1. The molecule has 1 aromatic heterocycles. The molecule has 2 rings (SSSR count). The first-order valence-corrected chi connectivity index (χ1v) is 5.85. The Morgan fingerprint density at radius 1 is 1.40 bits per heavy atom. The van der Waals surface area contributed by atoms with Crippen molar-refractivity contribution in [1.82, 2.24) is 20.3 Å². The number of hydrogen-bond donors (Lipinski definition) is 2. The summed E-state index contributed by atoms with van der Waals surface area (Å²) in [6.45, 7) is 1.45. The topological polar surface area (TPSA) is 85.8 Å². The maximum atomic E-state index is 13.8. The highest BCUT2D eigenvalue weighted by Gasteiger charge is 2.11. The molecular formula is C12H13F2N5O. The molecule has 0 saturated heterocycles. The Morgan fingerprint density at radius 2 is 2.15 bits per heavy atom. The summed E-state index contributed by atoms with van der Waals surface area (Å²) in [5.74, 6) is -1.48. The van der Waals surface area contributed by atoms with Crippen LogP contribution in [0.2, 0.25) is 0 Å². The van der Waals surface area contributed by atoms with Crippen LogP contribution in [0.1, 0.15) is 11.3 Å². The van der Waals surface area contributed by atoms with E-state index in [-0.39, 0.29) is 30.2 Å². The molecule has 3 N–H and O–H groups in total. The molecule has 0 aliphatic rings. The van der Waals surface area contributed by atoms with Crippen molar-refractivity contribution in [3.63, 3.8) is 0 Å². The molecule has 0 aliphatic carbocycles. The number of halogens is 2. The summed E-state index contributed by atoms with van der Waals surface area (Å²) in [4.78, 5) is 11.0. The van der Waals surface area contributed by atoms with E-state index in [0.717, 1.165) is 16.8 Å². The van der Waals surface area contributed by atoms with E-state index in [1.54, 1.807) is 0 Å². The molecule has 0 saturated carbocycles. The van der Waals surface area contributed by atoms with E-state index in [0.29, 0.717) is 5.69 Å². The molecule has 1 heterocycles. The van der Waals surface area contributed by atoms with Crippen molar-refractivity contribution < 1.29 is 13.6 Å². The molecule has 8 heteroatoms. The second-order valence-electron chi connectivity index (χ2n) is 4.19. The largest absolute Gasteiger partial charge is 0.349 e. The van der Waals surface area contributed by atoms with Crippen molar-refractivity contribution in [2.75, 3.05) is 6.54 Å². The molecule has 0 unspecified atom stereocenters. The first kappa shape index (κ1) is 14.1. The van der Waals surface area contributed by atoms with Crippen molar-refractivity contribution in [1.29, 1.82) is 0 Å². The smallest absolute Gasteiger partial charge is 0.234 e. The highest BCUT2D eigenvalue weighted by atomic mass is 19.1. The lowest BCUT2D eigenvalue weighted by Gasteiger charge is -2.04. The van der Waals surface area contributed by atoms with Gasteiger partial charge >= 0.3 is 0 Å². The minimum absolute atomic E-state index is 0.0444. The van der Waals surface area contributed by atoms with E-state index in [9.17, 15) is 13.6 Å². The van der Waals surface area contributed by atoms with Crippen LogP contribution in [0.15, 0.2) is 18.3 Å². The highest BCUT2D eigenvalue weighted by molar-refractivity contribution is 5.77. The van der Waals surface area contributed by atoms with Gasteiger partial charge in [-0.15, -0.1) is 5.10 Å². The third-order valence-corrected chi connectivity index (χ3v) is 2.67. The van der Waals surface area contributed by atoms with Gasteiger partial charge in [-0.1, -0.05) is 5.21 Å². The second-order valence-corrected chi connectivity index (χ2v) is 4.19. The average Bonchev–Trinajstić information content (AvgIpc) is 2.88. The van der Waals surface area contributed by atoms with Crippen LogP contribution in [0.4, 0.5) is 8.78 Å². The fourth-order valence-corrected chi connectivity index (χ4v) is 1.57. The molecule has 6 nitrogen and oxygen atoms in total. The zero-order valence-electron chi connectivity index (χ0n) is 10.7. The number of carbonyl (C=O) groups excluding carboxylic acids is 1. The molecular weight excluding hydrogens is 268 g/mol. The van der Waals surface area contributed by atoms with E-state index in [1.165, 1.54) is 13.1 Å². The number of nitrogens with one attached hydrogen (secondary N) is 1. The van der Waals surface area contributed by atoms with Crippen molar-refractivity contribution >= 4 is 5.91 Å². The maximum Gasteiger partial charge on any atom is 0.234 e. The number of nitrogens with two attached hydrogens (primary N) is 1. The Morgan fingerprint density at radius 3 is 2.85 bits per heavy atom. The number of aryl methyl sites for hydroxylation is 1. The summed E-state index contributed by atoms with van der Waals surface area (Å²) >= 11 is 0. The molecule has 106 valence electrons. The highest BCUT2D eigenvalue weighted by Crippen LogP contribution is 2.17. The molecule has 0 fully saturated rings. The Bertz CT molecular complexity index is 641. The summed E-state index contributed by atoms with van der Waals surface area (Å²) < 4.78 is 28.3. The number of hydrogen-bond acceptors (Lipinski definition) is 4. The monoisotopic (exact) mass is 281 g/mol. The van der Waals surface area contributed by atoms with Crippen LogP contribution in [-0.4, -0.2) is 27.4 Å². The van der Waals surface area contributed by atoms with Gasteiger partial charge in [-0.25, -0.2) is 13.5 Å². The van der Waals surface area contributed by atoms with E-state index >= 15 is 0 Å². The molecule has 0 aliphatic heterocycles. The zero-order valence-corrected chi connectivity index (χ0v) is 10.7. The summed E-state index contributed by atoms with van der Waals surface area (Å²) in [5.41, 5.74) is 5.71. The van der Waals surface area contributed by atoms with Gasteiger partial charge in [0.15, 0.2) is 0 Å². The third-order valence-electron chi connectivity index (χ3n) is 2.67. The minimum atomic E-state index is -0.605. The Labute approximate surface area is 113 Å². The fourth-order valence-electron chi connectivity index (χ4n) is 1.57. The first-order chi connectivity index (χ1) is 9.51. The standard InChI is InChI=1S/C12H13F2N5O/c1-7-2-10(14)11(3-9(7)13)19-6-8(17-18-19)5-16-12(20)4-15/h2-3,6H,4-5,15H2,1H3,(H,16,20). The lowest BCUT2D eigenvalue weighted by atomic mass is 10.2. The van der Waals surface area contributed by atoms with Crippen molar-refractivity contribution in [2.24, 2.45) is 5.73 Å². The quantitative estimate of drug-likeness (QED) is 0.851. The van der Waals surface area contributed by atoms with Gasteiger partial charge in [0.05, 0.1) is 19.3 Å². The molecule has 20 heavy (non-hydrogen) atoms. The summed E-state index contributed by atoms with van der Waals surface area (Å²) in [6, 6.07) is 2.13. The number of amides is 1. The normalized spacial score (nSPS) is 10.6. The number of aromatic nitrogens is 3. The van der Waals surface area contributed by atoms with Crippen LogP contribution in [0, 0.1) is 18.6 Å². The number of nitrogens with zero attached hydrogens (tertiary/aromatic N) is 3. The Balaban J connectivity index is 2.20. The van der Waals surface area contributed by atoms with Gasteiger partial charge in [0, 0.05) is 6.07 Å². The molecule has 0 radical (unpaired) electrons. The van der Waals surface area contributed by atoms with Gasteiger partial charge < -0.3 is 11.1 Å². The summed E-state index contributed by atoms with van der Waals surface area (Å²) in [6.07, 6.45) is 1.41. The van der Waals surface area contributed by atoms with Gasteiger partial charge in [-0.3, -0.25) is 4.79 Å². The predicted molar refractivity (Wildman–Crippen MR) is 66.9 cm³/mol. The van der Waals surface area contributed by atoms with Crippen molar-refractivity contribution in [3.05, 3.63) is 41.2 Å². The average molecular weight is 281 g/mol. The van der Waals surface area contributed by atoms with E-state index < -0.39 is 11.6 Å². The van der Waals surface area contributed by atoms with Crippen LogP contribution >= 0.6 is 0 Å². The lowest BCUT2D eigenvalue weighted by Crippen LogP contribution is -2.29. The molecule has 0 spiro atoms. The Kier molecular flexibility index (Phi) is 4.04. The zero-order chi connectivity index (χ0) is 14.7. The molecule has 0 bridgehead atoms. The van der Waals surface area contributed by atoms with Crippen LogP contribution in [-0.2, 0) is 11.3 Å². The summed E-state index contributed by atoms with van der Waals surface area (Å²) in [5, 5.41) is 9.96. The third kappa shape index (κ3) is 2.97. The number of rotatable bonds is 4. The van der Waals surface area contributed by atoms with Gasteiger partial charge in [-0.2, -0.15) is 0 Å². The second kappa shape index (κ2) is 5.74. The lowest BCUT2D eigenvalue weighted by molar-refractivity contribution is -0.119. The van der Waals surface area contributed by atoms with Crippen LogP contribution in [0.5, 0.6) is 0 Å². The van der Waals surface area contributed by atoms with Crippen molar-refractivity contribution in [3.8, 4) is 5.69 Å². The first-order valence-electron chi connectivity index (χ1n) is 5.85.